The van der Waals surface area contributed by atoms with E-state index in [1.807, 2.05) is 30.3 Å². The lowest BCUT2D eigenvalue weighted by molar-refractivity contribution is -0.137. The molecule has 1 aromatic rings. The van der Waals surface area contributed by atoms with Crippen molar-refractivity contribution in [3.05, 3.63) is 35.9 Å². The van der Waals surface area contributed by atoms with Gasteiger partial charge in [0.05, 0.1) is 24.1 Å². The number of nitrogens with one attached hydrogen (secondary N) is 1. The number of rotatable bonds is 12. The molecule has 7 nitrogen and oxygen atoms in total. The molecule has 7 heteroatoms. The molecular formula is C25H39N3O4. The van der Waals surface area contributed by atoms with Crippen molar-refractivity contribution in [3.63, 3.8) is 0 Å². The number of aliphatic hydroxyl groups excluding tert-OH is 1. The van der Waals surface area contributed by atoms with Gasteiger partial charge in [0.1, 0.15) is 0 Å². The topological polar surface area (TPSA) is 113 Å². The smallest absolute Gasteiger partial charge is 0.226 e. The van der Waals surface area contributed by atoms with E-state index in [2.05, 4.69) is 10.2 Å². The predicted octanol–water partition coefficient (Wildman–Crippen LogP) is 2.06. The molecule has 0 radical (unpaired) electrons. The van der Waals surface area contributed by atoms with E-state index in [0.29, 0.717) is 13.0 Å². The molecule has 32 heavy (non-hydrogen) atoms. The highest BCUT2D eigenvalue weighted by Crippen LogP contribution is 2.24. The number of amides is 1. The molecule has 0 aliphatic carbocycles. The first-order valence-corrected chi connectivity index (χ1v) is 11.8. The van der Waals surface area contributed by atoms with Gasteiger partial charge < -0.3 is 16.2 Å². The number of hydrogen-bond acceptors (Lipinski definition) is 6. The van der Waals surface area contributed by atoms with Crippen molar-refractivity contribution in [2.24, 2.45) is 17.6 Å². The van der Waals surface area contributed by atoms with Gasteiger partial charge in [0.2, 0.25) is 5.91 Å². The largest absolute Gasteiger partial charge is 0.393 e. The monoisotopic (exact) mass is 445 g/mol. The zero-order chi connectivity index (χ0) is 23.7. The Morgan fingerprint density at radius 2 is 1.84 bits per heavy atom. The van der Waals surface area contributed by atoms with Gasteiger partial charge in [-0.25, -0.2) is 0 Å². The maximum absolute atomic E-state index is 13.3. The van der Waals surface area contributed by atoms with Crippen LogP contribution in [0.1, 0.15) is 58.4 Å². The Balaban J connectivity index is 2.08. The highest BCUT2D eigenvalue weighted by molar-refractivity contribution is 5.93. The normalized spacial score (nSPS) is 19.9. The number of nitrogens with zero attached hydrogens (tertiary/aromatic N) is 1. The molecule has 0 bridgehead atoms. The molecule has 0 saturated carbocycles. The molecule has 1 aromatic carbocycles. The van der Waals surface area contributed by atoms with Gasteiger partial charge >= 0.3 is 0 Å². The van der Waals surface area contributed by atoms with E-state index in [4.69, 9.17) is 5.73 Å². The van der Waals surface area contributed by atoms with Crippen LogP contribution in [0.2, 0.25) is 0 Å². The lowest BCUT2D eigenvalue weighted by Gasteiger charge is -2.35. The van der Waals surface area contributed by atoms with Crippen LogP contribution in [-0.2, 0) is 20.9 Å². The number of hydrogen-bond donors (Lipinski definition) is 3. The van der Waals surface area contributed by atoms with E-state index in [1.165, 1.54) is 6.92 Å². The van der Waals surface area contributed by atoms with Crippen molar-refractivity contribution < 1.29 is 19.5 Å². The van der Waals surface area contributed by atoms with Crippen molar-refractivity contribution in [3.8, 4) is 0 Å². The van der Waals surface area contributed by atoms with Crippen molar-refractivity contribution in [1.82, 2.24) is 10.2 Å². The highest BCUT2D eigenvalue weighted by Gasteiger charge is 2.35. The predicted molar refractivity (Wildman–Crippen MR) is 125 cm³/mol. The summed E-state index contributed by atoms with van der Waals surface area (Å²) in [5.41, 5.74) is 6.77. The average molecular weight is 446 g/mol. The second-order valence-corrected chi connectivity index (χ2v) is 9.18. The standard InChI is InChI=1S/C25H39N3O4/c1-17(2)24(31)21(12-13-26)27-25(32)20(18(3)29)15-23(30)22-11-7-8-14-28(22)16-19-9-5-4-6-10-19/h4-6,9-10,17-18,20-22,29H,7-8,11-16,26H2,1-3H3,(H,27,32)/t18-,20-,21-,22-/m0/s1. The molecule has 0 spiro atoms. The average Bonchev–Trinajstić information content (AvgIpc) is 2.77. The molecule has 4 atom stereocenters. The molecule has 1 fully saturated rings. The zero-order valence-corrected chi connectivity index (χ0v) is 19.6. The van der Waals surface area contributed by atoms with Crippen molar-refractivity contribution in [1.29, 1.82) is 0 Å². The van der Waals surface area contributed by atoms with E-state index in [9.17, 15) is 19.5 Å². The number of carbonyl (C=O) groups is 3. The summed E-state index contributed by atoms with van der Waals surface area (Å²) >= 11 is 0. The summed E-state index contributed by atoms with van der Waals surface area (Å²) in [4.78, 5) is 40.8. The van der Waals surface area contributed by atoms with Crippen LogP contribution in [0.3, 0.4) is 0 Å². The lowest BCUT2D eigenvalue weighted by Crippen LogP contribution is -2.50. The number of Topliss-reactive ketones (excluding diaryl/α,β-unsaturated/α-hetero) is 2. The summed E-state index contributed by atoms with van der Waals surface area (Å²) in [6.07, 6.45) is 2.03. The number of likely N-dealkylation sites (tertiary alicyclic amines) is 1. The molecule has 4 N–H and O–H groups in total. The van der Waals surface area contributed by atoms with E-state index < -0.39 is 24.0 Å². The third-order valence-electron chi connectivity index (χ3n) is 6.24. The first-order chi connectivity index (χ1) is 15.2. The number of benzene rings is 1. The van der Waals surface area contributed by atoms with Gasteiger partial charge in [0.25, 0.3) is 0 Å². The van der Waals surface area contributed by atoms with Crippen LogP contribution in [0, 0.1) is 11.8 Å². The van der Waals surface area contributed by atoms with E-state index in [1.54, 1.807) is 13.8 Å². The van der Waals surface area contributed by atoms with Crippen LogP contribution in [-0.4, -0.2) is 58.8 Å². The van der Waals surface area contributed by atoms with Crippen LogP contribution in [0.25, 0.3) is 0 Å². The summed E-state index contributed by atoms with van der Waals surface area (Å²) in [6.45, 7) is 6.85. The third-order valence-corrected chi connectivity index (χ3v) is 6.24. The molecule has 1 heterocycles. The van der Waals surface area contributed by atoms with Crippen LogP contribution < -0.4 is 11.1 Å². The minimum absolute atomic E-state index is 0.0350. The van der Waals surface area contributed by atoms with Crippen LogP contribution >= 0.6 is 0 Å². The minimum Gasteiger partial charge on any atom is -0.393 e. The maximum Gasteiger partial charge on any atom is 0.226 e. The second kappa shape index (κ2) is 12.8. The number of piperidine rings is 1. The summed E-state index contributed by atoms with van der Waals surface area (Å²) in [5.74, 6) is -1.74. The van der Waals surface area contributed by atoms with Crippen molar-refractivity contribution >= 4 is 17.5 Å². The molecule has 2 rings (SSSR count). The van der Waals surface area contributed by atoms with Gasteiger partial charge in [0, 0.05) is 18.9 Å². The molecule has 0 unspecified atom stereocenters. The van der Waals surface area contributed by atoms with Gasteiger partial charge in [0.15, 0.2) is 11.6 Å². The fourth-order valence-electron chi connectivity index (χ4n) is 4.33. The Labute approximate surface area is 191 Å². The SMILES string of the molecule is CC(C)C(=O)[C@H](CCN)NC(=O)[C@@H](CC(=O)[C@@H]1CCCCN1Cc1ccccc1)[C@H](C)O. The van der Waals surface area contributed by atoms with E-state index in [0.717, 1.165) is 31.4 Å². The van der Waals surface area contributed by atoms with E-state index in [-0.39, 0.29) is 36.5 Å². The Kier molecular flexibility index (Phi) is 10.5. The molecule has 1 saturated heterocycles. The van der Waals surface area contributed by atoms with Crippen molar-refractivity contribution in [2.75, 3.05) is 13.1 Å². The Bertz CT molecular complexity index is 751. The molecule has 178 valence electrons. The number of aliphatic hydroxyl groups is 1. The Morgan fingerprint density at radius 3 is 2.44 bits per heavy atom. The fraction of sp³-hybridized carbons (Fsp3) is 0.640. The molecule has 1 aliphatic heterocycles. The molecule has 1 amide bonds. The second-order valence-electron chi connectivity index (χ2n) is 9.18. The molecule has 0 aromatic heterocycles. The summed E-state index contributed by atoms with van der Waals surface area (Å²) in [6, 6.07) is 9.07. The van der Waals surface area contributed by atoms with Gasteiger partial charge in [-0.1, -0.05) is 50.6 Å². The highest BCUT2D eigenvalue weighted by atomic mass is 16.3. The maximum atomic E-state index is 13.3. The summed E-state index contributed by atoms with van der Waals surface area (Å²) < 4.78 is 0. The van der Waals surface area contributed by atoms with Gasteiger partial charge in [-0.05, 0) is 44.8 Å². The van der Waals surface area contributed by atoms with E-state index >= 15 is 0 Å². The van der Waals surface area contributed by atoms with Crippen LogP contribution in [0.5, 0.6) is 0 Å². The number of ketones is 2. The van der Waals surface area contributed by atoms with Gasteiger partial charge in [-0.15, -0.1) is 0 Å². The van der Waals surface area contributed by atoms with Gasteiger partial charge in [-0.2, -0.15) is 0 Å². The van der Waals surface area contributed by atoms with Gasteiger partial charge in [-0.3, -0.25) is 19.3 Å². The van der Waals surface area contributed by atoms with Crippen LogP contribution in [0.4, 0.5) is 0 Å². The lowest BCUT2D eigenvalue weighted by atomic mass is 9.88. The third kappa shape index (κ3) is 7.50. The summed E-state index contributed by atoms with van der Waals surface area (Å²) in [5, 5.41) is 13.0. The molecule has 1 aliphatic rings. The fourth-order valence-corrected chi connectivity index (χ4v) is 4.33. The number of carbonyl (C=O) groups excluding carboxylic acids is 3. The minimum atomic E-state index is -1.00. The molecular weight excluding hydrogens is 406 g/mol. The van der Waals surface area contributed by atoms with Crippen molar-refractivity contribution in [2.45, 2.75) is 77.6 Å². The zero-order valence-electron chi connectivity index (χ0n) is 19.6. The number of nitrogens with two attached hydrogens (primary N) is 1. The first kappa shape index (κ1) is 26.2. The summed E-state index contributed by atoms with van der Waals surface area (Å²) in [7, 11) is 0. The first-order valence-electron chi connectivity index (χ1n) is 11.8. The quantitative estimate of drug-likeness (QED) is 0.454. The Hall–Kier alpha value is -2.09. The van der Waals surface area contributed by atoms with Crippen LogP contribution in [0.15, 0.2) is 30.3 Å². The Morgan fingerprint density at radius 1 is 1.16 bits per heavy atom.